The van der Waals surface area contributed by atoms with Gasteiger partial charge >= 0.3 is 0 Å². The van der Waals surface area contributed by atoms with Gasteiger partial charge in [0, 0.05) is 21.7 Å². The second-order valence-corrected chi connectivity index (χ2v) is 7.08. The number of rotatable bonds is 5. The van der Waals surface area contributed by atoms with E-state index in [0.717, 1.165) is 58.1 Å². The molecule has 26 heavy (non-hydrogen) atoms. The van der Waals surface area contributed by atoms with E-state index >= 15 is 0 Å². The Labute approximate surface area is 158 Å². The standard InChI is InChI=1S/C21H23ClN2O2/c1-13-17(22)7-6-16-15(4-2-3-9-23)21(24-20(13)16)14-5-8-18-19(12-14)26-11-10-25-18/h5-8,12,24H,2-4,9-11,23H2,1H3. The van der Waals surface area contributed by atoms with E-state index in [-0.39, 0.29) is 0 Å². The summed E-state index contributed by atoms with van der Waals surface area (Å²) < 4.78 is 11.4. The molecule has 2 heterocycles. The number of benzene rings is 2. The van der Waals surface area contributed by atoms with Gasteiger partial charge in [-0.15, -0.1) is 0 Å². The molecule has 4 rings (SSSR count). The van der Waals surface area contributed by atoms with Crippen LogP contribution in [0, 0.1) is 6.92 Å². The lowest BCUT2D eigenvalue weighted by atomic mass is 9.99. The fourth-order valence-electron chi connectivity index (χ4n) is 3.58. The lowest BCUT2D eigenvalue weighted by Crippen LogP contribution is -2.15. The topological polar surface area (TPSA) is 60.3 Å². The predicted molar refractivity (Wildman–Crippen MR) is 106 cm³/mol. The molecule has 0 atom stereocenters. The Balaban J connectivity index is 1.85. The number of H-pyrrole nitrogens is 1. The summed E-state index contributed by atoms with van der Waals surface area (Å²) in [5.41, 5.74) is 11.4. The summed E-state index contributed by atoms with van der Waals surface area (Å²) >= 11 is 6.34. The van der Waals surface area contributed by atoms with Crippen LogP contribution in [0.1, 0.15) is 24.0 Å². The second-order valence-electron chi connectivity index (χ2n) is 6.68. The molecule has 2 aromatic carbocycles. The molecule has 1 aromatic heterocycles. The molecule has 0 unspecified atom stereocenters. The van der Waals surface area contributed by atoms with Crippen LogP contribution < -0.4 is 15.2 Å². The van der Waals surface area contributed by atoms with Crippen LogP contribution >= 0.6 is 11.6 Å². The first-order chi connectivity index (χ1) is 12.7. The molecule has 0 saturated carbocycles. The van der Waals surface area contributed by atoms with Crippen molar-refractivity contribution in [2.75, 3.05) is 19.8 Å². The molecule has 136 valence electrons. The van der Waals surface area contributed by atoms with Gasteiger partial charge in [-0.25, -0.2) is 0 Å². The predicted octanol–water partition coefficient (Wildman–Crippen LogP) is 4.85. The number of aromatic amines is 1. The summed E-state index contributed by atoms with van der Waals surface area (Å²) in [6.07, 6.45) is 3.05. The van der Waals surface area contributed by atoms with Crippen LogP contribution in [-0.2, 0) is 6.42 Å². The Morgan fingerprint density at radius 3 is 2.69 bits per heavy atom. The van der Waals surface area contributed by atoms with Gasteiger partial charge in [-0.1, -0.05) is 17.7 Å². The minimum absolute atomic E-state index is 0.585. The molecule has 0 saturated heterocycles. The lowest BCUT2D eigenvalue weighted by Gasteiger charge is -2.19. The maximum absolute atomic E-state index is 6.34. The molecule has 0 fully saturated rings. The number of aromatic nitrogens is 1. The molecular weight excluding hydrogens is 348 g/mol. The van der Waals surface area contributed by atoms with Gasteiger partial charge in [-0.2, -0.15) is 0 Å². The smallest absolute Gasteiger partial charge is 0.162 e. The maximum Gasteiger partial charge on any atom is 0.162 e. The highest BCUT2D eigenvalue weighted by Crippen LogP contribution is 2.39. The van der Waals surface area contributed by atoms with E-state index in [1.807, 2.05) is 12.1 Å². The monoisotopic (exact) mass is 370 g/mol. The molecule has 3 aromatic rings. The zero-order valence-corrected chi connectivity index (χ0v) is 15.7. The first kappa shape index (κ1) is 17.3. The molecule has 0 bridgehead atoms. The lowest BCUT2D eigenvalue weighted by molar-refractivity contribution is 0.171. The van der Waals surface area contributed by atoms with E-state index in [9.17, 15) is 0 Å². The van der Waals surface area contributed by atoms with Gasteiger partial charge in [0.1, 0.15) is 13.2 Å². The minimum Gasteiger partial charge on any atom is -0.486 e. The average molecular weight is 371 g/mol. The fourth-order valence-corrected chi connectivity index (χ4v) is 3.74. The van der Waals surface area contributed by atoms with Gasteiger partial charge in [0.2, 0.25) is 0 Å². The normalized spacial score (nSPS) is 13.3. The number of nitrogens with one attached hydrogen (secondary N) is 1. The van der Waals surface area contributed by atoms with Gasteiger partial charge in [-0.05, 0) is 68.1 Å². The van der Waals surface area contributed by atoms with Crippen LogP contribution in [-0.4, -0.2) is 24.7 Å². The van der Waals surface area contributed by atoms with E-state index in [4.69, 9.17) is 26.8 Å². The minimum atomic E-state index is 0.585. The third-order valence-electron chi connectivity index (χ3n) is 4.99. The highest BCUT2D eigenvalue weighted by molar-refractivity contribution is 6.32. The number of fused-ring (bicyclic) bond motifs is 2. The van der Waals surface area contributed by atoms with Crippen LogP contribution in [0.3, 0.4) is 0 Å². The van der Waals surface area contributed by atoms with E-state index in [2.05, 4.69) is 30.1 Å². The van der Waals surface area contributed by atoms with E-state index in [0.29, 0.717) is 19.8 Å². The molecular formula is C21H23ClN2O2. The van der Waals surface area contributed by atoms with Crippen molar-refractivity contribution in [3.8, 4) is 22.8 Å². The number of nitrogens with two attached hydrogens (primary N) is 1. The van der Waals surface area contributed by atoms with Gasteiger partial charge in [0.25, 0.3) is 0 Å². The molecule has 0 amide bonds. The van der Waals surface area contributed by atoms with E-state index < -0.39 is 0 Å². The Bertz CT molecular complexity index is 949. The molecule has 1 aliphatic heterocycles. The zero-order chi connectivity index (χ0) is 18.1. The van der Waals surface area contributed by atoms with Crippen molar-refractivity contribution in [1.82, 2.24) is 4.98 Å². The van der Waals surface area contributed by atoms with Gasteiger partial charge in [0.15, 0.2) is 11.5 Å². The Kier molecular flexibility index (Phi) is 4.79. The molecule has 5 heteroatoms. The number of unbranched alkanes of at least 4 members (excludes halogenated alkanes) is 1. The third-order valence-corrected chi connectivity index (χ3v) is 5.40. The van der Waals surface area contributed by atoms with Gasteiger partial charge in [0.05, 0.1) is 5.52 Å². The zero-order valence-electron chi connectivity index (χ0n) is 14.9. The summed E-state index contributed by atoms with van der Waals surface area (Å²) in [6, 6.07) is 10.2. The highest BCUT2D eigenvalue weighted by Gasteiger charge is 2.18. The molecule has 4 nitrogen and oxygen atoms in total. The van der Waals surface area contributed by atoms with Crippen LogP contribution in [0.15, 0.2) is 30.3 Å². The van der Waals surface area contributed by atoms with Crippen molar-refractivity contribution >= 4 is 22.5 Å². The highest BCUT2D eigenvalue weighted by atomic mass is 35.5. The first-order valence-electron chi connectivity index (χ1n) is 9.09. The Morgan fingerprint density at radius 2 is 1.88 bits per heavy atom. The van der Waals surface area contributed by atoms with Crippen molar-refractivity contribution in [3.05, 3.63) is 46.5 Å². The van der Waals surface area contributed by atoms with E-state index in [1.54, 1.807) is 0 Å². The van der Waals surface area contributed by atoms with Crippen molar-refractivity contribution in [2.45, 2.75) is 26.2 Å². The molecule has 3 N–H and O–H groups in total. The number of halogens is 1. The molecule has 0 aliphatic carbocycles. The SMILES string of the molecule is Cc1c(Cl)ccc2c(CCCCN)c(-c3ccc4c(c3)OCCO4)[nH]c12. The summed E-state index contributed by atoms with van der Waals surface area (Å²) in [5.74, 6) is 1.61. The largest absolute Gasteiger partial charge is 0.486 e. The summed E-state index contributed by atoms with van der Waals surface area (Å²) in [6.45, 7) is 3.95. The van der Waals surface area contributed by atoms with E-state index in [1.165, 1.54) is 10.9 Å². The summed E-state index contributed by atoms with van der Waals surface area (Å²) in [4.78, 5) is 3.61. The van der Waals surface area contributed by atoms with Crippen LogP contribution in [0.25, 0.3) is 22.2 Å². The summed E-state index contributed by atoms with van der Waals surface area (Å²) in [7, 11) is 0. The molecule has 0 radical (unpaired) electrons. The number of ether oxygens (including phenoxy) is 2. The Hall–Kier alpha value is -2.17. The number of hydrogen-bond donors (Lipinski definition) is 2. The van der Waals surface area contributed by atoms with Crippen molar-refractivity contribution in [2.24, 2.45) is 5.73 Å². The molecule has 0 spiro atoms. The van der Waals surface area contributed by atoms with Crippen LogP contribution in [0.2, 0.25) is 5.02 Å². The Morgan fingerprint density at radius 1 is 1.08 bits per heavy atom. The van der Waals surface area contributed by atoms with Crippen molar-refractivity contribution in [1.29, 1.82) is 0 Å². The fraction of sp³-hybridized carbons (Fsp3) is 0.333. The number of aryl methyl sites for hydroxylation is 2. The second kappa shape index (κ2) is 7.22. The number of hydrogen-bond acceptors (Lipinski definition) is 3. The third kappa shape index (κ3) is 3.04. The van der Waals surface area contributed by atoms with Crippen LogP contribution in [0.5, 0.6) is 11.5 Å². The summed E-state index contributed by atoms with van der Waals surface area (Å²) in [5, 5.41) is 2.01. The van der Waals surface area contributed by atoms with Gasteiger partial charge < -0.3 is 20.2 Å². The average Bonchev–Trinajstić information content (AvgIpc) is 3.04. The quantitative estimate of drug-likeness (QED) is 0.631. The maximum atomic E-state index is 6.34. The first-order valence-corrected chi connectivity index (χ1v) is 9.46. The van der Waals surface area contributed by atoms with Crippen molar-refractivity contribution in [3.63, 3.8) is 0 Å². The van der Waals surface area contributed by atoms with Gasteiger partial charge in [-0.3, -0.25) is 0 Å². The van der Waals surface area contributed by atoms with Crippen molar-refractivity contribution < 1.29 is 9.47 Å². The van der Waals surface area contributed by atoms with Crippen LogP contribution in [0.4, 0.5) is 0 Å². The molecule has 1 aliphatic rings.